The topological polar surface area (TPSA) is 57.5 Å². The Bertz CT molecular complexity index is 707. The predicted molar refractivity (Wildman–Crippen MR) is 118 cm³/mol. The van der Waals surface area contributed by atoms with Crippen molar-refractivity contribution in [3.8, 4) is 0 Å². The fraction of sp³-hybridized carbons (Fsp3) is 0.480. The Labute approximate surface area is 170 Å². The molecule has 1 aliphatic carbocycles. The van der Waals surface area contributed by atoms with Crippen LogP contribution in [0.5, 0.6) is 0 Å². The van der Waals surface area contributed by atoms with Crippen LogP contribution in [0.25, 0.3) is 0 Å². The minimum absolute atomic E-state index is 0.0518. The van der Waals surface area contributed by atoms with Crippen molar-refractivity contribution in [2.24, 2.45) is 11.8 Å². The number of aldehydes is 1. The molecule has 0 unspecified atom stereocenters. The lowest BCUT2D eigenvalue weighted by atomic mass is 9.78. The van der Waals surface area contributed by atoms with E-state index in [4.69, 9.17) is 0 Å². The van der Waals surface area contributed by atoms with Crippen LogP contribution in [0, 0.1) is 11.8 Å². The molecule has 0 amide bonds. The van der Waals surface area contributed by atoms with Gasteiger partial charge in [-0.05, 0) is 65.9 Å². The minimum Gasteiger partial charge on any atom is -0.390 e. The zero-order chi connectivity index (χ0) is 21.4. The summed E-state index contributed by atoms with van der Waals surface area (Å²) in [6.07, 6.45) is 20.0. The quantitative estimate of drug-likeness (QED) is 0.342. The Morgan fingerprint density at radius 2 is 1.50 bits per heavy atom. The second-order valence-electron chi connectivity index (χ2n) is 8.63. The third kappa shape index (κ3) is 7.95. The standard InChI is InChI=1S/C25H36O3/c1-19(10-7-8-11-21(3)18-26)12-9-13-20(2)14-15-23-22(24(4,5)27)16-17-25(23,6)28/h7-15,18,22-23,27-28H,16-17H2,1-6H3/b8-7+,12-9+,15-14+,19-10+,20-13+,21-11+/t22-,23+,25-/m1/s1. The van der Waals surface area contributed by atoms with Gasteiger partial charge >= 0.3 is 0 Å². The van der Waals surface area contributed by atoms with Gasteiger partial charge in [-0.25, -0.2) is 0 Å². The molecule has 154 valence electrons. The molecule has 0 bridgehead atoms. The second kappa shape index (κ2) is 10.5. The first-order valence-corrected chi connectivity index (χ1v) is 9.92. The largest absolute Gasteiger partial charge is 0.390 e. The molecular formula is C25H36O3. The van der Waals surface area contributed by atoms with Gasteiger partial charge in [-0.3, -0.25) is 4.79 Å². The molecule has 1 fully saturated rings. The average molecular weight is 385 g/mol. The highest BCUT2D eigenvalue weighted by atomic mass is 16.3. The molecule has 3 atom stereocenters. The summed E-state index contributed by atoms with van der Waals surface area (Å²) >= 11 is 0. The number of aliphatic hydroxyl groups is 2. The second-order valence-corrected chi connectivity index (χ2v) is 8.63. The van der Waals surface area contributed by atoms with E-state index < -0.39 is 11.2 Å². The van der Waals surface area contributed by atoms with Gasteiger partial charge in [0.25, 0.3) is 0 Å². The summed E-state index contributed by atoms with van der Waals surface area (Å²) in [7, 11) is 0. The molecule has 1 rings (SSSR count). The Kier molecular flexibility index (Phi) is 9.06. The molecule has 1 saturated carbocycles. The van der Waals surface area contributed by atoms with Crippen molar-refractivity contribution in [2.45, 2.75) is 65.6 Å². The van der Waals surface area contributed by atoms with Crippen LogP contribution < -0.4 is 0 Å². The van der Waals surface area contributed by atoms with Gasteiger partial charge < -0.3 is 10.2 Å². The molecule has 2 N–H and O–H groups in total. The summed E-state index contributed by atoms with van der Waals surface area (Å²) in [6.45, 7) is 11.3. The minimum atomic E-state index is -0.804. The summed E-state index contributed by atoms with van der Waals surface area (Å²) in [6, 6.07) is 0. The van der Waals surface area contributed by atoms with Crippen LogP contribution in [-0.4, -0.2) is 27.7 Å². The van der Waals surface area contributed by atoms with Gasteiger partial charge in [-0.1, -0.05) is 65.8 Å². The molecular weight excluding hydrogens is 348 g/mol. The van der Waals surface area contributed by atoms with Crippen LogP contribution in [0.15, 0.2) is 71.4 Å². The van der Waals surface area contributed by atoms with E-state index >= 15 is 0 Å². The van der Waals surface area contributed by atoms with Gasteiger partial charge in [0.15, 0.2) is 0 Å². The van der Waals surface area contributed by atoms with E-state index in [9.17, 15) is 15.0 Å². The lowest BCUT2D eigenvalue weighted by molar-refractivity contribution is -0.104. The highest BCUT2D eigenvalue weighted by molar-refractivity contribution is 5.72. The molecule has 0 spiro atoms. The van der Waals surface area contributed by atoms with Crippen LogP contribution in [-0.2, 0) is 4.79 Å². The summed E-state index contributed by atoms with van der Waals surface area (Å²) in [4.78, 5) is 10.5. The molecule has 0 saturated heterocycles. The number of rotatable bonds is 8. The number of carbonyl (C=O) groups excluding carboxylic acids is 1. The average Bonchev–Trinajstić information content (AvgIpc) is 2.91. The maximum Gasteiger partial charge on any atom is 0.145 e. The lowest BCUT2D eigenvalue weighted by Gasteiger charge is -2.33. The first kappa shape index (κ1) is 24.1. The molecule has 1 aliphatic rings. The SMILES string of the molecule is C\C(C=O)=C/C=C/C=C(C)/C=C/C=C(C)/C=C/[C@H]1[C@H](C(C)(C)O)CC[C@@]1(C)O. The molecule has 0 aliphatic heterocycles. The van der Waals surface area contributed by atoms with E-state index in [1.807, 2.05) is 83.2 Å². The van der Waals surface area contributed by atoms with E-state index in [0.717, 1.165) is 23.9 Å². The first-order chi connectivity index (χ1) is 13.0. The number of hydrogen-bond donors (Lipinski definition) is 2. The van der Waals surface area contributed by atoms with E-state index in [2.05, 4.69) is 0 Å². The summed E-state index contributed by atoms with van der Waals surface area (Å²) in [5.74, 6) is -0.00886. The normalized spacial score (nSPS) is 28.2. The molecule has 0 aromatic carbocycles. The Balaban J connectivity index is 2.75. The molecule has 28 heavy (non-hydrogen) atoms. The van der Waals surface area contributed by atoms with Crippen LogP contribution in [0.4, 0.5) is 0 Å². The molecule has 3 nitrogen and oxygen atoms in total. The number of hydrogen-bond acceptors (Lipinski definition) is 3. The summed E-state index contributed by atoms with van der Waals surface area (Å²) in [5, 5.41) is 21.1. The summed E-state index contributed by atoms with van der Waals surface area (Å²) < 4.78 is 0. The van der Waals surface area contributed by atoms with Crippen molar-refractivity contribution in [3.63, 3.8) is 0 Å². The zero-order valence-electron chi connectivity index (χ0n) is 18.1. The number of allylic oxidation sites excluding steroid dienone is 11. The van der Waals surface area contributed by atoms with Crippen molar-refractivity contribution in [2.75, 3.05) is 0 Å². The summed E-state index contributed by atoms with van der Waals surface area (Å²) in [5.41, 5.74) is 1.29. The van der Waals surface area contributed by atoms with E-state index in [1.54, 1.807) is 13.0 Å². The van der Waals surface area contributed by atoms with Crippen LogP contribution in [0.2, 0.25) is 0 Å². The molecule has 0 aromatic heterocycles. The molecule has 3 heteroatoms. The third-order valence-corrected chi connectivity index (χ3v) is 5.32. The highest BCUT2D eigenvalue weighted by Gasteiger charge is 2.47. The fourth-order valence-electron chi connectivity index (χ4n) is 3.53. The van der Waals surface area contributed by atoms with Gasteiger partial charge in [0, 0.05) is 5.92 Å². The Hall–Kier alpha value is -1.97. The van der Waals surface area contributed by atoms with Crippen LogP contribution >= 0.6 is 0 Å². The smallest absolute Gasteiger partial charge is 0.145 e. The van der Waals surface area contributed by atoms with Crippen LogP contribution in [0.1, 0.15) is 54.4 Å². The van der Waals surface area contributed by atoms with E-state index in [1.165, 1.54) is 0 Å². The molecule has 0 aromatic rings. The first-order valence-electron chi connectivity index (χ1n) is 9.92. The van der Waals surface area contributed by atoms with Crippen molar-refractivity contribution < 1.29 is 15.0 Å². The lowest BCUT2D eigenvalue weighted by Crippen LogP contribution is -2.39. The van der Waals surface area contributed by atoms with Gasteiger partial charge in [0.2, 0.25) is 0 Å². The number of carbonyl (C=O) groups is 1. The van der Waals surface area contributed by atoms with Gasteiger partial charge in [-0.2, -0.15) is 0 Å². The maximum atomic E-state index is 10.7. The third-order valence-electron chi connectivity index (χ3n) is 5.32. The van der Waals surface area contributed by atoms with Crippen molar-refractivity contribution in [1.82, 2.24) is 0 Å². The Morgan fingerprint density at radius 3 is 2.07 bits per heavy atom. The van der Waals surface area contributed by atoms with Crippen molar-refractivity contribution >= 4 is 6.29 Å². The van der Waals surface area contributed by atoms with E-state index in [-0.39, 0.29) is 11.8 Å². The zero-order valence-corrected chi connectivity index (χ0v) is 18.1. The maximum absolute atomic E-state index is 10.7. The van der Waals surface area contributed by atoms with Gasteiger partial charge in [0.05, 0.1) is 11.2 Å². The molecule has 0 heterocycles. The van der Waals surface area contributed by atoms with Gasteiger partial charge in [-0.15, -0.1) is 0 Å². The van der Waals surface area contributed by atoms with Crippen LogP contribution in [0.3, 0.4) is 0 Å². The highest BCUT2D eigenvalue weighted by Crippen LogP contribution is 2.46. The van der Waals surface area contributed by atoms with Crippen molar-refractivity contribution in [3.05, 3.63) is 71.4 Å². The van der Waals surface area contributed by atoms with E-state index in [0.29, 0.717) is 12.0 Å². The monoisotopic (exact) mass is 384 g/mol. The fourth-order valence-corrected chi connectivity index (χ4v) is 3.53. The predicted octanol–water partition coefficient (Wildman–Crippen LogP) is 5.24. The Morgan fingerprint density at radius 1 is 0.964 bits per heavy atom. The molecule has 0 radical (unpaired) electrons. The van der Waals surface area contributed by atoms with Gasteiger partial charge in [0.1, 0.15) is 6.29 Å². The van der Waals surface area contributed by atoms with Crippen molar-refractivity contribution in [1.29, 1.82) is 0 Å².